The quantitative estimate of drug-likeness (QED) is 0.189. The molecule has 0 saturated carbocycles. The summed E-state index contributed by atoms with van der Waals surface area (Å²) in [5.41, 5.74) is 8.46. The van der Waals surface area contributed by atoms with Crippen molar-refractivity contribution in [3.05, 3.63) is 144 Å². The highest BCUT2D eigenvalue weighted by molar-refractivity contribution is 7.17. The predicted octanol–water partition coefficient (Wildman–Crippen LogP) is 11.4. The second-order valence-corrected chi connectivity index (χ2v) is 13.3. The van der Waals surface area contributed by atoms with Gasteiger partial charge in [0.15, 0.2) is 17.5 Å². The smallest absolute Gasteiger partial charge is 0.167 e. The minimum absolute atomic E-state index is 0.196. The van der Waals surface area contributed by atoms with Crippen LogP contribution in [0.25, 0.3) is 88.6 Å². The third-order valence-corrected chi connectivity index (χ3v) is 10.4. The number of hydrogen-bond acceptors (Lipinski definition) is 6. The second-order valence-electron chi connectivity index (χ2n) is 12.5. The number of thiazole rings is 1. The van der Waals surface area contributed by atoms with Crippen LogP contribution in [0.5, 0.6) is 0 Å². The molecule has 3 aromatic heterocycles. The van der Waals surface area contributed by atoms with Crippen molar-refractivity contribution in [2.75, 3.05) is 0 Å². The molecule has 5 nitrogen and oxygen atoms in total. The van der Waals surface area contributed by atoms with E-state index >= 15 is 0 Å². The Morgan fingerprint density at radius 1 is 0.612 bits per heavy atom. The van der Waals surface area contributed by atoms with Crippen LogP contribution >= 0.6 is 11.3 Å². The number of nitrogens with zero attached hydrogens (tertiary/aromatic N) is 4. The van der Waals surface area contributed by atoms with Gasteiger partial charge in [0.25, 0.3) is 0 Å². The molecule has 0 fully saturated rings. The van der Waals surface area contributed by atoms with Gasteiger partial charge in [0.1, 0.15) is 11.2 Å². The zero-order chi connectivity index (χ0) is 36.1. The molecule has 0 bridgehead atoms. The van der Waals surface area contributed by atoms with E-state index in [4.69, 9.17) is 24.9 Å². The summed E-state index contributed by atoms with van der Waals surface area (Å²) in [5, 5.41) is 1.87. The van der Waals surface area contributed by atoms with E-state index in [1.807, 2.05) is 115 Å². The molecule has 0 radical (unpaired) electrons. The lowest BCUT2D eigenvalue weighted by Crippen LogP contribution is -2.14. The molecule has 1 unspecified atom stereocenters. The molecule has 0 saturated heterocycles. The number of rotatable bonds is 4. The Morgan fingerprint density at radius 3 is 1.94 bits per heavy atom. The van der Waals surface area contributed by atoms with Crippen LogP contribution in [0.1, 0.15) is 30.4 Å². The maximum absolute atomic E-state index is 8.66. The third-order valence-electron chi connectivity index (χ3n) is 9.59. The van der Waals surface area contributed by atoms with E-state index in [2.05, 4.69) is 17.1 Å². The van der Waals surface area contributed by atoms with Gasteiger partial charge in [-0.2, -0.15) is 0 Å². The van der Waals surface area contributed by atoms with Gasteiger partial charge in [0.05, 0.1) is 22.6 Å². The molecule has 0 aliphatic heterocycles. The summed E-state index contributed by atoms with van der Waals surface area (Å²) >= 11 is 1.28. The molecule has 1 atom stereocenters. The van der Waals surface area contributed by atoms with E-state index in [0.717, 1.165) is 65.5 Å². The van der Waals surface area contributed by atoms with Gasteiger partial charge in [-0.05, 0) is 40.5 Å². The Balaban J connectivity index is 1.18. The molecule has 0 spiro atoms. The number of para-hydroxylation sites is 2. The summed E-state index contributed by atoms with van der Waals surface area (Å²) in [7, 11) is 0. The van der Waals surface area contributed by atoms with E-state index in [0.29, 0.717) is 34.2 Å². The molecule has 3 heterocycles. The Kier molecular flexibility index (Phi) is 5.19. The average Bonchev–Trinajstić information content (AvgIpc) is 3.84. The summed E-state index contributed by atoms with van der Waals surface area (Å²) in [6, 6.07) is 41.6. The van der Waals surface area contributed by atoms with E-state index < -0.39 is 12.3 Å². The highest BCUT2D eigenvalue weighted by Crippen LogP contribution is 2.53. The topological polar surface area (TPSA) is 64.7 Å². The lowest BCUT2D eigenvalue weighted by molar-refractivity contribution is 0.661. The molecule has 232 valence electrons. The summed E-state index contributed by atoms with van der Waals surface area (Å²) in [6.45, 7) is -0.504. The SMILES string of the molecule is [2H]c1nc2ccc3c(c2s1)-c1cc(-c2cccc4c2oc2c(-c5nc(-c6ccccc6)nc(-c6ccccc6)n5)cccc24)ccc1C3(C)C([2H])([2H])[2H]. The number of furan rings is 1. The first-order chi connectivity index (χ1) is 25.7. The minimum atomic E-state index is -2.30. The number of aromatic nitrogens is 4. The largest absolute Gasteiger partial charge is 0.455 e. The molecule has 6 heteroatoms. The van der Waals surface area contributed by atoms with Crippen LogP contribution in [-0.2, 0) is 5.41 Å². The van der Waals surface area contributed by atoms with Crippen molar-refractivity contribution in [2.45, 2.75) is 19.2 Å². The highest BCUT2D eigenvalue weighted by atomic mass is 32.1. The fourth-order valence-electron chi connectivity index (χ4n) is 7.22. The van der Waals surface area contributed by atoms with Crippen molar-refractivity contribution in [1.29, 1.82) is 0 Å². The molecule has 9 aromatic rings. The van der Waals surface area contributed by atoms with Crippen LogP contribution in [0.15, 0.2) is 137 Å². The van der Waals surface area contributed by atoms with Gasteiger partial charge in [0.2, 0.25) is 0 Å². The predicted molar refractivity (Wildman–Crippen MR) is 200 cm³/mol. The van der Waals surface area contributed by atoms with Gasteiger partial charge in [-0.1, -0.05) is 123 Å². The first-order valence-corrected chi connectivity index (χ1v) is 16.9. The first-order valence-electron chi connectivity index (χ1n) is 18.1. The summed E-state index contributed by atoms with van der Waals surface area (Å²) < 4.78 is 41.9. The second kappa shape index (κ2) is 10.5. The van der Waals surface area contributed by atoms with Gasteiger partial charge in [-0.15, -0.1) is 11.3 Å². The van der Waals surface area contributed by atoms with Crippen LogP contribution in [0.2, 0.25) is 0 Å². The van der Waals surface area contributed by atoms with Crippen molar-refractivity contribution in [3.8, 4) is 56.4 Å². The Hall–Kier alpha value is -5.98. The van der Waals surface area contributed by atoms with Crippen molar-refractivity contribution in [3.63, 3.8) is 0 Å². The lowest BCUT2D eigenvalue weighted by Gasteiger charge is -2.21. The van der Waals surface area contributed by atoms with Crippen LogP contribution < -0.4 is 0 Å². The zero-order valence-corrected chi connectivity index (χ0v) is 27.0. The summed E-state index contributed by atoms with van der Waals surface area (Å²) in [5.74, 6) is 1.64. The van der Waals surface area contributed by atoms with Crippen LogP contribution in [0.4, 0.5) is 0 Å². The Bertz CT molecular complexity index is 2860. The van der Waals surface area contributed by atoms with Crippen molar-refractivity contribution < 1.29 is 9.90 Å². The van der Waals surface area contributed by atoms with Gasteiger partial charge in [-0.25, -0.2) is 19.9 Å². The number of fused-ring (bicyclic) bond motifs is 8. The maximum atomic E-state index is 8.66. The molecule has 49 heavy (non-hydrogen) atoms. The fraction of sp³-hybridized carbons (Fsp3) is 0.0698. The number of benzene rings is 6. The van der Waals surface area contributed by atoms with Gasteiger partial charge in [0, 0.05) is 42.6 Å². The summed E-state index contributed by atoms with van der Waals surface area (Å²) in [6.07, 6.45) is 0. The molecule has 1 aliphatic rings. The average molecular weight is 653 g/mol. The van der Waals surface area contributed by atoms with Crippen LogP contribution in [0, 0.1) is 0 Å². The molecular formula is C43H28N4OS. The van der Waals surface area contributed by atoms with E-state index in [1.54, 1.807) is 6.92 Å². The Morgan fingerprint density at radius 2 is 1.24 bits per heavy atom. The van der Waals surface area contributed by atoms with Crippen LogP contribution in [0.3, 0.4) is 0 Å². The van der Waals surface area contributed by atoms with E-state index in [-0.39, 0.29) is 5.49 Å². The highest BCUT2D eigenvalue weighted by Gasteiger charge is 2.37. The molecule has 0 amide bonds. The van der Waals surface area contributed by atoms with E-state index in [1.165, 1.54) is 11.3 Å². The monoisotopic (exact) mass is 652 g/mol. The first kappa shape index (κ1) is 24.2. The minimum Gasteiger partial charge on any atom is -0.455 e. The lowest BCUT2D eigenvalue weighted by atomic mass is 9.82. The number of hydrogen-bond donors (Lipinski definition) is 0. The normalized spacial score (nSPS) is 16.7. The fourth-order valence-corrected chi connectivity index (χ4v) is 7.99. The van der Waals surface area contributed by atoms with Crippen LogP contribution in [-0.4, -0.2) is 19.9 Å². The molecule has 0 N–H and O–H groups in total. The van der Waals surface area contributed by atoms with E-state index in [9.17, 15) is 0 Å². The molecule has 6 aromatic carbocycles. The third kappa shape index (κ3) is 4.24. The van der Waals surface area contributed by atoms with Crippen molar-refractivity contribution in [2.24, 2.45) is 0 Å². The Labute approximate surface area is 292 Å². The molecule has 10 rings (SSSR count). The maximum Gasteiger partial charge on any atom is 0.167 e. The van der Waals surface area contributed by atoms with Gasteiger partial charge in [-0.3, -0.25) is 0 Å². The van der Waals surface area contributed by atoms with Crippen molar-refractivity contribution >= 4 is 43.5 Å². The summed E-state index contributed by atoms with van der Waals surface area (Å²) in [4.78, 5) is 19.2. The standard InChI is InChI=1S/C43H28N4OS/c1-43(2)33-20-19-27(23-32(33)36-34(43)21-22-35-39(36)49-24-44-35)28-15-9-16-29-30-17-10-18-31(38(30)48-37(28)29)42-46-40(25-11-5-3-6-12-25)45-41(47-42)26-13-7-4-8-14-26/h3-24H,1-2H3/i1D3,24D. The van der Waals surface area contributed by atoms with Gasteiger partial charge >= 0.3 is 0 Å². The van der Waals surface area contributed by atoms with Gasteiger partial charge < -0.3 is 4.42 Å². The molecular weight excluding hydrogens is 621 g/mol. The zero-order valence-electron chi connectivity index (χ0n) is 30.2. The molecule has 1 aliphatic carbocycles. The van der Waals surface area contributed by atoms with Crippen molar-refractivity contribution in [1.82, 2.24) is 19.9 Å².